The number of piperidine rings is 1. The Hall–Kier alpha value is -2.93. The van der Waals surface area contributed by atoms with Crippen molar-refractivity contribution >= 4 is 22.4 Å². The Balaban J connectivity index is 1.33. The zero-order chi connectivity index (χ0) is 25.7. The largest absolute Gasteiger partial charge is 0.381 e. The molecule has 0 spiro atoms. The van der Waals surface area contributed by atoms with E-state index in [0.29, 0.717) is 5.92 Å². The highest BCUT2D eigenvalue weighted by atomic mass is 16.5. The summed E-state index contributed by atoms with van der Waals surface area (Å²) >= 11 is 0. The molecule has 0 amide bonds. The number of hydrogen-bond donors (Lipinski definition) is 1. The van der Waals surface area contributed by atoms with Crippen LogP contribution in [0.3, 0.4) is 0 Å². The van der Waals surface area contributed by atoms with Gasteiger partial charge in [-0.15, -0.1) is 0 Å². The third-order valence-electron chi connectivity index (χ3n) is 8.99. The molecule has 4 aromatic heterocycles. The Morgan fingerprint density at radius 2 is 1.70 bits per heavy atom. The fraction of sp³-hybridized carbons (Fsp3) is 0.567. The SMILES string of the molecule is Cc1c(-c2[nH]c3cnc(N4CCC(CC5CCOCC5)CC4)c(C)c3c2C(C)C)cn2ncnc2c1C. The van der Waals surface area contributed by atoms with E-state index in [2.05, 4.69) is 67.0 Å². The number of nitrogens with zero attached hydrogens (tertiary/aromatic N) is 5. The summed E-state index contributed by atoms with van der Waals surface area (Å²) in [5.41, 5.74) is 9.48. The second-order valence-electron chi connectivity index (χ2n) is 11.6. The van der Waals surface area contributed by atoms with Crippen LogP contribution in [0.4, 0.5) is 5.82 Å². The number of hydrogen-bond acceptors (Lipinski definition) is 5. The summed E-state index contributed by atoms with van der Waals surface area (Å²) in [5, 5.41) is 5.77. The molecule has 0 aromatic carbocycles. The molecule has 2 aliphatic heterocycles. The van der Waals surface area contributed by atoms with E-state index < -0.39 is 0 Å². The van der Waals surface area contributed by atoms with Crippen molar-refractivity contribution in [2.24, 2.45) is 11.8 Å². The number of H-pyrrole nitrogens is 1. The van der Waals surface area contributed by atoms with Crippen LogP contribution in [0.1, 0.15) is 74.1 Å². The van der Waals surface area contributed by atoms with Gasteiger partial charge in [0.15, 0.2) is 5.65 Å². The van der Waals surface area contributed by atoms with E-state index in [-0.39, 0.29) is 0 Å². The molecule has 7 nitrogen and oxygen atoms in total. The van der Waals surface area contributed by atoms with Crippen LogP contribution >= 0.6 is 0 Å². The molecule has 2 aliphatic rings. The number of rotatable bonds is 5. The average molecular weight is 501 g/mol. The lowest BCUT2D eigenvalue weighted by Gasteiger charge is -2.35. The van der Waals surface area contributed by atoms with Gasteiger partial charge >= 0.3 is 0 Å². The monoisotopic (exact) mass is 500 g/mol. The average Bonchev–Trinajstić information content (AvgIpc) is 3.53. The number of aryl methyl sites for hydroxylation is 2. The van der Waals surface area contributed by atoms with Crippen molar-refractivity contribution in [3.63, 3.8) is 0 Å². The number of aromatic amines is 1. The number of fused-ring (bicyclic) bond motifs is 2. The molecule has 2 saturated heterocycles. The van der Waals surface area contributed by atoms with Crippen molar-refractivity contribution < 1.29 is 4.74 Å². The molecule has 0 unspecified atom stereocenters. The number of anilines is 1. The van der Waals surface area contributed by atoms with Gasteiger partial charge in [0, 0.05) is 49.0 Å². The van der Waals surface area contributed by atoms with E-state index in [1.165, 1.54) is 71.0 Å². The minimum Gasteiger partial charge on any atom is -0.381 e. The number of pyridine rings is 2. The molecular weight excluding hydrogens is 460 g/mol. The Kier molecular flexibility index (Phi) is 6.43. The Morgan fingerprint density at radius 1 is 0.973 bits per heavy atom. The van der Waals surface area contributed by atoms with Crippen LogP contribution < -0.4 is 4.90 Å². The molecule has 0 saturated carbocycles. The van der Waals surface area contributed by atoms with Gasteiger partial charge in [-0.3, -0.25) is 0 Å². The molecule has 1 N–H and O–H groups in total. The number of ether oxygens (including phenoxy) is 1. The van der Waals surface area contributed by atoms with Gasteiger partial charge in [-0.2, -0.15) is 5.10 Å². The molecule has 7 heteroatoms. The van der Waals surface area contributed by atoms with Crippen LogP contribution in [0, 0.1) is 32.6 Å². The minimum absolute atomic E-state index is 0.369. The van der Waals surface area contributed by atoms with Gasteiger partial charge in [0.05, 0.1) is 17.4 Å². The molecule has 0 bridgehead atoms. The topological polar surface area (TPSA) is 71.3 Å². The molecular formula is C30H40N6O. The van der Waals surface area contributed by atoms with Crippen molar-refractivity contribution in [3.8, 4) is 11.3 Å². The predicted molar refractivity (Wildman–Crippen MR) is 149 cm³/mol. The highest BCUT2D eigenvalue weighted by Gasteiger charge is 2.27. The lowest BCUT2D eigenvalue weighted by atomic mass is 9.84. The second kappa shape index (κ2) is 9.75. The minimum atomic E-state index is 0.369. The maximum absolute atomic E-state index is 5.57. The van der Waals surface area contributed by atoms with E-state index in [1.807, 2.05) is 4.52 Å². The highest BCUT2D eigenvalue weighted by molar-refractivity contribution is 5.96. The second-order valence-corrected chi connectivity index (χ2v) is 11.6. The van der Waals surface area contributed by atoms with Crippen molar-refractivity contribution in [2.75, 3.05) is 31.2 Å². The first-order chi connectivity index (χ1) is 17.9. The summed E-state index contributed by atoms with van der Waals surface area (Å²) in [5.74, 6) is 3.22. The number of aromatic nitrogens is 5. The maximum Gasteiger partial charge on any atom is 0.158 e. The fourth-order valence-corrected chi connectivity index (χ4v) is 6.77. The summed E-state index contributed by atoms with van der Waals surface area (Å²) in [7, 11) is 0. The Bertz CT molecular complexity index is 1420. The van der Waals surface area contributed by atoms with Crippen LogP contribution in [-0.4, -0.2) is 50.9 Å². The van der Waals surface area contributed by atoms with Crippen molar-refractivity contribution in [3.05, 3.63) is 41.0 Å². The Morgan fingerprint density at radius 3 is 2.43 bits per heavy atom. The van der Waals surface area contributed by atoms with E-state index in [9.17, 15) is 0 Å². The Labute approximate surface area is 219 Å². The van der Waals surface area contributed by atoms with Gasteiger partial charge in [0.2, 0.25) is 0 Å². The van der Waals surface area contributed by atoms with E-state index in [1.54, 1.807) is 6.33 Å². The first-order valence-electron chi connectivity index (χ1n) is 14.1. The third kappa shape index (κ3) is 4.31. The molecule has 0 radical (unpaired) electrons. The van der Waals surface area contributed by atoms with Crippen LogP contribution in [-0.2, 0) is 4.74 Å². The normalized spacial score (nSPS) is 18.1. The first kappa shape index (κ1) is 24.4. The van der Waals surface area contributed by atoms with Gasteiger partial charge in [-0.1, -0.05) is 13.8 Å². The van der Waals surface area contributed by atoms with Crippen molar-refractivity contribution in [1.29, 1.82) is 0 Å². The molecule has 0 atom stereocenters. The zero-order valence-corrected chi connectivity index (χ0v) is 23.0. The maximum atomic E-state index is 5.57. The summed E-state index contributed by atoms with van der Waals surface area (Å²) in [6.07, 6.45) is 12.2. The molecule has 196 valence electrons. The summed E-state index contributed by atoms with van der Waals surface area (Å²) in [6, 6.07) is 0. The molecule has 2 fully saturated rings. The summed E-state index contributed by atoms with van der Waals surface area (Å²) < 4.78 is 7.47. The van der Waals surface area contributed by atoms with Gasteiger partial charge < -0.3 is 14.6 Å². The van der Waals surface area contributed by atoms with Gasteiger partial charge in [-0.05, 0) is 87.3 Å². The molecule has 4 aromatic rings. The molecule has 6 rings (SSSR count). The highest BCUT2D eigenvalue weighted by Crippen LogP contribution is 2.41. The van der Waals surface area contributed by atoms with Crippen molar-refractivity contribution in [2.45, 2.75) is 72.6 Å². The van der Waals surface area contributed by atoms with Crippen LogP contribution in [0.15, 0.2) is 18.7 Å². The smallest absolute Gasteiger partial charge is 0.158 e. The van der Waals surface area contributed by atoms with Crippen LogP contribution in [0.2, 0.25) is 0 Å². The fourth-order valence-electron chi connectivity index (χ4n) is 6.77. The molecule has 0 aliphatic carbocycles. The van der Waals surface area contributed by atoms with E-state index in [0.717, 1.165) is 55.1 Å². The van der Waals surface area contributed by atoms with E-state index in [4.69, 9.17) is 9.72 Å². The van der Waals surface area contributed by atoms with Crippen LogP contribution in [0.5, 0.6) is 0 Å². The van der Waals surface area contributed by atoms with Crippen LogP contribution in [0.25, 0.3) is 27.8 Å². The lowest BCUT2D eigenvalue weighted by Crippen LogP contribution is -2.35. The van der Waals surface area contributed by atoms with Crippen molar-refractivity contribution in [1.82, 2.24) is 24.6 Å². The predicted octanol–water partition coefficient (Wildman–Crippen LogP) is 6.35. The van der Waals surface area contributed by atoms with E-state index >= 15 is 0 Å². The van der Waals surface area contributed by atoms with Gasteiger partial charge in [0.25, 0.3) is 0 Å². The molecule has 6 heterocycles. The van der Waals surface area contributed by atoms with Gasteiger partial charge in [0.1, 0.15) is 12.1 Å². The zero-order valence-electron chi connectivity index (χ0n) is 23.0. The van der Waals surface area contributed by atoms with Gasteiger partial charge in [-0.25, -0.2) is 14.5 Å². The third-order valence-corrected chi connectivity index (χ3v) is 8.99. The first-order valence-corrected chi connectivity index (χ1v) is 14.1. The molecule has 37 heavy (non-hydrogen) atoms. The lowest BCUT2D eigenvalue weighted by molar-refractivity contribution is 0.0571. The summed E-state index contributed by atoms with van der Waals surface area (Å²) in [6.45, 7) is 15.3. The quantitative estimate of drug-likeness (QED) is 0.345. The summed E-state index contributed by atoms with van der Waals surface area (Å²) in [4.78, 5) is 15.7. The standard InChI is InChI=1S/C30H40N6O/c1-18(2)26-27-21(5)29(35-10-6-22(7-11-35)14-23-8-12-37-13-9-23)31-15-25(27)34-28(26)24-16-36-30(32-17-33-36)20(4)19(24)3/h15-18,22-23,34H,6-14H2,1-5H3. The number of nitrogens with one attached hydrogen (secondary N) is 1.